The van der Waals surface area contributed by atoms with Crippen LogP contribution in [0, 0.1) is 6.92 Å². The van der Waals surface area contributed by atoms with Gasteiger partial charge in [-0.25, -0.2) is 4.79 Å². The van der Waals surface area contributed by atoms with Gasteiger partial charge in [-0.15, -0.1) is 0 Å². The second kappa shape index (κ2) is 3.97. The van der Waals surface area contributed by atoms with E-state index in [1.165, 1.54) is 0 Å². The van der Waals surface area contributed by atoms with Crippen LogP contribution < -0.4 is 0 Å². The number of hydrogen-bond donors (Lipinski definition) is 1. The molecule has 15 heavy (non-hydrogen) atoms. The lowest BCUT2D eigenvalue weighted by atomic mass is 9.82. The smallest absolute Gasteiger partial charge is 0.336 e. The van der Waals surface area contributed by atoms with Crippen LogP contribution in [0.2, 0.25) is 0 Å². The number of benzene rings is 1. The summed E-state index contributed by atoms with van der Waals surface area (Å²) in [5, 5.41) is 9.06. The summed E-state index contributed by atoms with van der Waals surface area (Å²) >= 11 is 3.34. The van der Waals surface area contributed by atoms with Crippen molar-refractivity contribution in [2.45, 2.75) is 33.1 Å². The molecule has 1 N–H and O–H groups in total. The van der Waals surface area contributed by atoms with Gasteiger partial charge in [-0.3, -0.25) is 0 Å². The Morgan fingerprint density at radius 3 is 2.27 bits per heavy atom. The van der Waals surface area contributed by atoms with Crippen LogP contribution in [-0.2, 0) is 5.41 Å². The van der Waals surface area contributed by atoms with Crippen molar-refractivity contribution in [2.24, 2.45) is 0 Å². The molecule has 0 radical (unpaired) electrons. The zero-order chi connectivity index (χ0) is 11.8. The van der Waals surface area contributed by atoms with E-state index in [1.54, 1.807) is 6.07 Å². The molecule has 0 aliphatic carbocycles. The van der Waals surface area contributed by atoms with Crippen LogP contribution >= 0.6 is 15.9 Å². The molecule has 0 heterocycles. The van der Waals surface area contributed by atoms with E-state index in [-0.39, 0.29) is 5.41 Å². The van der Waals surface area contributed by atoms with E-state index < -0.39 is 5.97 Å². The molecule has 0 saturated carbocycles. The molecular formula is C12H15BrO2. The molecule has 0 aliphatic heterocycles. The lowest BCUT2D eigenvalue weighted by Crippen LogP contribution is -2.15. The molecule has 0 bridgehead atoms. The molecule has 3 heteroatoms. The zero-order valence-electron chi connectivity index (χ0n) is 9.39. The third kappa shape index (κ3) is 2.59. The minimum absolute atomic E-state index is 0.0436. The topological polar surface area (TPSA) is 37.3 Å². The molecular weight excluding hydrogens is 256 g/mol. The van der Waals surface area contributed by atoms with Gasteiger partial charge in [0.1, 0.15) is 0 Å². The van der Waals surface area contributed by atoms with Crippen LogP contribution in [0.25, 0.3) is 0 Å². The van der Waals surface area contributed by atoms with Crippen LogP contribution in [0.4, 0.5) is 0 Å². The largest absolute Gasteiger partial charge is 0.478 e. The van der Waals surface area contributed by atoms with Crippen LogP contribution in [-0.4, -0.2) is 11.1 Å². The first-order chi connectivity index (χ1) is 6.73. The molecule has 0 saturated heterocycles. The van der Waals surface area contributed by atoms with Gasteiger partial charge in [0.05, 0.1) is 5.56 Å². The number of rotatable bonds is 1. The fourth-order valence-corrected chi connectivity index (χ4v) is 2.14. The average molecular weight is 271 g/mol. The van der Waals surface area contributed by atoms with Gasteiger partial charge in [-0.05, 0) is 35.6 Å². The summed E-state index contributed by atoms with van der Waals surface area (Å²) in [6.45, 7) is 8.09. The molecule has 1 aromatic carbocycles. The van der Waals surface area contributed by atoms with Crippen molar-refractivity contribution in [3.05, 3.63) is 33.3 Å². The molecule has 0 spiro atoms. The highest BCUT2D eigenvalue weighted by molar-refractivity contribution is 9.10. The summed E-state index contributed by atoms with van der Waals surface area (Å²) in [4.78, 5) is 11.0. The maximum atomic E-state index is 11.0. The molecule has 0 atom stereocenters. The number of carboxylic acids is 1. The molecule has 1 rings (SSSR count). The molecule has 0 fully saturated rings. The Balaban J connectivity index is 3.49. The molecule has 2 nitrogen and oxygen atoms in total. The van der Waals surface area contributed by atoms with Gasteiger partial charge in [0, 0.05) is 4.47 Å². The average Bonchev–Trinajstić information content (AvgIpc) is 2.06. The maximum absolute atomic E-state index is 11.0. The lowest BCUT2D eigenvalue weighted by Gasteiger charge is -2.23. The number of aromatic carboxylic acids is 1. The Hall–Kier alpha value is -0.830. The number of hydrogen-bond acceptors (Lipinski definition) is 1. The van der Waals surface area contributed by atoms with Gasteiger partial charge in [0.15, 0.2) is 0 Å². The van der Waals surface area contributed by atoms with Crippen LogP contribution in [0.3, 0.4) is 0 Å². The highest BCUT2D eigenvalue weighted by Gasteiger charge is 2.20. The molecule has 0 amide bonds. The lowest BCUT2D eigenvalue weighted by molar-refractivity contribution is 0.0696. The summed E-state index contributed by atoms with van der Waals surface area (Å²) in [6.07, 6.45) is 0. The normalized spacial score (nSPS) is 11.5. The Bertz CT molecular complexity index is 403. The summed E-state index contributed by atoms with van der Waals surface area (Å²) in [5.74, 6) is -0.876. The Morgan fingerprint density at radius 1 is 1.33 bits per heavy atom. The van der Waals surface area contributed by atoms with Crippen molar-refractivity contribution in [3.63, 3.8) is 0 Å². The van der Waals surface area contributed by atoms with Crippen LogP contribution in [0.5, 0.6) is 0 Å². The van der Waals surface area contributed by atoms with E-state index in [4.69, 9.17) is 5.11 Å². The number of carboxylic acid groups (broad SMARTS) is 1. The van der Waals surface area contributed by atoms with Gasteiger partial charge in [-0.2, -0.15) is 0 Å². The molecule has 0 unspecified atom stereocenters. The van der Waals surface area contributed by atoms with E-state index in [2.05, 4.69) is 36.7 Å². The van der Waals surface area contributed by atoms with Crippen molar-refractivity contribution in [1.82, 2.24) is 0 Å². The fourth-order valence-electron chi connectivity index (χ4n) is 1.68. The minimum atomic E-state index is -0.876. The Labute approximate surface area is 98.4 Å². The van der Waals surface area contributed by atoms with Gasteiger partial charge in [-0.1, -0.05) is 36.7 Å². The van der Waals surface area contributed by atoms with E-state index in [9.17, 15) is 4.79 Å². The fraction of sp³-hybridized carbons (Fsp3) is 0.417. The van der Waals surface area contributed by atoms with Crippen molar-refractivity contribution >= 4 is 21.9 Å². The highest BCUT2D eigenvalue weighted by atomic mass is 79.9. The first-order valence-corrected chi connectivity index (χ1v) is 5.56. The summed E-state index contributed by atoms with van der Waals surface area (Å²) in [5.41, 5.74) is 2.24. The van der Waals surface area contributed by atoms with Crippen molar-refractivity contribution in [3.8, 4) is 0 Å². The Morgan fingerprint density at radius 2 is 1.87 bits per heavy atom. The molecule has 0 aromatic heterocycles. The van der Waals surface area contributed by atoms with E-state index in [0.29, 0.717) is 5.56 Å². The third-order valence-electron chi connectivity index (χ3n) is 2.41. The third-order valence-corrected chi connectivity index (χ3v) is 2.87. The summed E-state index contributed by atoms with van der Waals surface area (Å²) in [7, 11) is 0. The summed E-state index contributed by atoms with van der Waals surface area (Å²) < 4.78 is 0.815. The number of halogens is 1. The van der Waals surface area contributed by atoms with Crippen molar-refractivity contribution < 1.29 is 9.90 Å². The second-order valence-electron chi connectivity index (χ2n) is 4.68. The van der Waals surface area contributed by atoms with Crippen molar-refractivity contribution in [2.75, 3.05) is 0 Å². The van der Waals surface area contributed by atoms with Crippen LogP contribution in [0.1, 0.15) is 42.3 Å². The first kappa shape index (κ1) is 12.2. The first-order valence-electron chi connectivity index (χ1n) is 4.77. The quantitative estimate of drug-likeness (QED) is 0.844. The van der Waals surface area contributed by atoms with Gasteiger partial charge in [0.25, 0.3) is 0 Å². The predicted molar refractivity (Wildman–Crippen MR) is 64.5 cm³/mol. The maximum Gasteiger partial charge on any atom is 0.336 e. The SMILES string of the molecule is Cc1c(C(=O)O)cc(Br)cc1C(C)(C)C. The van der Waals surface area contributed by atoms with E-state index >= 15 is 0 Å². The second-order valence-corrected chi connectivity index (χ2v) is 5.60. The molecule has 0 aliphatic rings. The van der Waals surface area contributed by atoms with Gasteiger partial charge in [0.2, 0.25) is 0 Å². The predicted octanol–water partition coefficient (Wildman–Crippen LogP) is 3.75. The van der Waals surface area contributed by atoms with E-state index in [1.807, 2.05) is 13.0 Å². The van der Waals surface area contributed by atoms with E-state index in [0.717, 1.165) is 15.6 Å². The standard InChI is InChI=1S/C12H15BrO2/c1-7-9(11(14)15)5-8(13)6-10(7)12(2,3)4/h5-6H,1-4H3,(H,14,15). The van der Waals surface area contributed by atoms with Gasteiger partial charge < -0.3 is 5.11 Å². The zero-order valence-corrected chi connectivity index (χ0v) is 11.0. The number of carbonyl (C=O) groups is 1. The molecule has 82 valence electrons. The highest BCUT2D eigenvalue weighted by Crippen LogP contribution is 2.30. The van der Waals surface area contributed by atoms with Crippen molar-refractivity contribution in [1.29, 1.82) is 0 Å². The minimum Gasteiger partial charge on any atom is -0.478 e. The monoisotopic (exact) mass is 270 g/mol. The Kier molecular flexibility index (Phi) is 3.24. The summed E-state index contributed by atoms with van der Waals surface area (Å²) in [6, 6.07) is 3.63. The van der Waals surface area contributed by atoms with Crippen LogP contribution in [0.15, 0.2) is 16.6 Å². The molecule has 1 aromatic rings. The van der Waals surface area contributed by atoms with Gasteiger partial charge >= 0.3 is 5.97 Å².